The molecule has 5 nitrogen and oxygen atoms in total. The quantitative estimate of drug-likeness (QED) is 0.192. The van der Waals surface area contributed by atoms with Gasteiger partial charge in [0.05, 0.1) is 11.4 Å². The van der Waals surface area contributed by atoms with Crippen LogP contribution in [0, 0.1) is 5.82 Å². The highest BCUT2D eigenvalue weighted by atomic mass is 19.1. The van der Waals surface area contributed by atoms with Crippen LogP contribution < -0.4 is 5.32 Å². The number of nitrogens with zero attached hydrogens (tertiary/aromatic N) is 3. The van der Waals surface area contributed by atoms with E-state index in [4.69, 9.17) is 10.1 Å². The number of hydrogen-bond acceptors (Lipinski definition) is 5. The van der Waals surface area contributed by atoms with Crippen molar-refractivity contribution in [3.63, 3.8) is 0 Å². The molecule has 0 fully saturated rings. The van der Waals surface area contributed by atoms with E-state index in [1.165, 1.54) is 17.2 Å². The van der Waals surface area contributed by atoms with Crippen molar-refractivity contribution in [2.45, 2.75) is 39.1 Å². The van der Waals surface area contributed by atoms with Crippen LogP contribution >= 0.6 is 0 Å². The van der Waals surface area contributed by atoms with Gasteiger partial charge in [-0.1, -0.05) is 78.9 Å². The molecule has 3 aromatic carbocycles. The van der Waals surface area contributed by atoms with Crippen molar-refractivity contribution in [1.29, 1.82) is 0 Å². The molecule has 0 spiro atoms. The predicted octanol–water partition coefficient (Wildman–Crippen LogP) is 5.40. The Balaban J connectivity index is 1.45. The van der Waals surface area contributed by atoms with Crippen LogP contribution in [-0.4, -0.2) is 46.1 Å². The van der Waals surface area contributed by atoms with Crippen LogP contribution in [0.15, 0.2) is 103 Å². The van der Waals surface area contributed by atoms with E-state index in [0.29, 0.717) is 13.1 Å². The minimum Gasteiger partial charge on any atom is -0.396 e. The lowest BCUT2D eigenvalue weighted by Crippen LogP contribution is -2.32. The number of hydrogen-bond donors (Lipinski definition) is 2. The second-order valence-corrected chi connectivity index (χ2v) is 9.90. The lowest BCUT2D eigenvalue weighted by atomic mass is 10.1. The van der Waals surface area contributed by atoms with Gasteiger partial charge in [-0.2, -0.15) is 0 Å². The highest BCUT2D eigenvalue weighted by molar-refractivity contribution is 5.19. The standard InChI is InChI=1S/C33H39FN4O/c34-31-15-7-14-30(22-31)25-37(20-19-35-18-9-21-39)26-32-16-8-17-33(36-32)27-38(23-28-10-3-1-4-11-28)24-29-12-5-2-6-13-29/h1-8,10-17,22,35,39H,9,18-21,23-27H2. The van der Waals surface area contributed by atoms with E-state index in [0.717, 1.165) is 62.6 Å². The summed E-state index contributed by atoms with van der Waals surface area (Å²) in [5, 5.41) is 12.4. The molecule has 0 aliphatic rings. The van der Waals surface area contributed by atoms with E-state index in [1.807, 2.05) is 18.2 Å². The van der Waals surface area contributed by atoms with Crippen LogP contribution in [0.25, 0.3) is 0 Å². The molecule has 0 unspecified atom stereocenters. The van der Waals surface area contributed by atoms with Gasteiger partial charge in [-0.05, 0) is 53.9 Å². The van der Waals surface area contributed by atoms with Crippen molar-refractivity contribution in [2.75, 3.05) is 26.2 Å². The summed E-state index contributed by atoms with van der Waals surface area (Å²) in [6, 6.07) is 34.2. The normalized spacial score (nSPS) is 11.4. The van der Waals surface area contributed by atoms with Gasteiger partial charge < -0.3 is 10.4 Å². The third-order valence-electron chi connectivity index (χ3n) is 6.55. The van der Waals surface area contributed by atoms with Gasteiger partial charge in [-0.15, -0.1) is 0 Å². The number of nitrogens with one attached hydrogen (secondary N) is 1. The van der Waals surface area contributed by atoms with Gasteiger partial charge in [0.1, 0.15) is 5.82 Å². The van der Waals surface area contributed by atoms with E-state index in [9.17, 15) is 4.39 Å². The summed E-state index contributed by atoms with van der Waals surface area (Å²) < 4.78 is 13.9. The number of aromatic nitrogens is 1. The smallest absolute Gasteiger partial charge is 0.123 e. The second-order valence-electron chi connectivity index (χ2n) is 9.90. The topological polar surface area (TPSA) is 51.6 Å². The SMILES string of the molecule is OCCCNCCN(Cc1cccc(F)c1)Cc1cccc(CN(Cc2ccccc2)Cc2ccccc2)n1. The van der Waals surface area contributed by atoms with E-state index in [2.05, 4.69) is 81.8 Å². The van der Waals surface area contributed by atoms with Gasteiger partial charge >= 0.3 is 0 Å². The monoisotopic (exact) mass is 526 g/mol. The first-order valence-electron chi connectivity index (χ1n) is 13.7. The Labute approximate surface area is 232 Å². The Kier molecular flexibility index (Phi) is 11.6. The molecule has 0 saturated heterocycles. The zero-order chi connectivity index (χ0) is 27.1. The van der Waals surface area contributed by atoms with Crippen molar-refractivity contribution < 1.29 is 9.50 Å². The number of benzene rings is 3. The number of aliphatic hydroxyl groups is 1. The van der Waals surface area contributed by atoms with Crippen molar-refractivity contribution in [3.05, 3.63) is 137 Å². The van der Waals surface area contributed by atoms with E-state index in [-0.39, 0.29) is 12.4 Å². The minimum atomic E-state index is -0.217. The molecular formula is C33H39FN4O. The summed E-state index contributed by atoms with van der Waals surface area (Å²) in [5.41, 5.74) is 5.53. The number of pyridine rings is 1. The van der Waals surface area contributed by atoms with E-state index < -0.39 is 0 Å². The fourth-order valence-corrected chi connectivity index (χ4v) is 4.69. The summed E-state index contributed by atoms with van der Waals surface area (Å²) in [6.07, 6.45) is 0.732. The lowest BCUT2D eigenvalue weighted by Gasteiger charge is -2.24. The lowest BCUT2D eigenvalue weighted by molar-refractivity contribution is 0.240. The molecular weight excluding hydrogens is 487 g/mol. The molecule has 204 valence electrons. The zero-order valence-electron chi connectivity index (χ0n) is 22.6. The minimum absolute atomic E-state index is 0.183. The van der Waals surface area contributed by atoms with Crippen LogP contribution in [0.5, 0.6) is 0 Å². The highest BCUT2D eigenvalue weighted by Crippen LogP contribution is 2.15. The Morgan fingerprint density at radius 1 is 0.615 bits per heavy atom. The van der Waals surface area contributed by atoms with Gasteiger partial charge in [0.25, 0.3) is 0 Å². The first-order chi connectivity index (χ1) is 19.2. The molecule has 4 aromatic rings. The van der Waals surface area contributed by atoms with Crippen molar-refractivity contribution >= 4 is 0 Å². The molecule has 4 rings (SSSR count). The Bertz CT molecular complexity index is 1200. The van der Waals surface area contributed by atoms with Gasteiger partial charge in [0.15, 0.2) is 0 Å². The summed E-state index contributed by atoms with van der Waals surface area (Å²) in [6.45, 7) is 6.27. The van der Waals surface area contributed by atoms with Gasteiger partial charge in [0.2, 0.25) is 0 Å². The van der Waals surface area contributed by atoms with Crippen molar-refractivity contribution in [1.82, 2.24) is 20.1 Å². The largest absolute Gasteiger partial charge is 0.396 e. The number of aliphatic hydroxyl groups excluding tert-OH is 1. The molecule has 0 aliphatic heterocycles. The van der Waals surface area contributed by atoms with E-state index >= 15 is 0 Å². The van der Waals surface area contributed by atoms with Crippen LogP contribution in [0.4, 0.5) is 4.39 Å². The Morgan fingerprint density at radius 3 is 1.79 bits per heavy atom. The van der Waals surface area contributed by atoms with Crippen molar-refractivity contribution in [3.8, 4) is 0 Å². The molecule has 2 N–H and O–H groups in total. The van der Waals surface area contributed by atoms with E-state index in [1.54, 1.807) is 12.1 Å². The average molecular weight is 527 g/mol. The fraction of sp³-hybridized carbons (Fsp3) is 0.303. The molecule has 1 aromatic heterocycles. The Morgan fingerprint density at radius 2 is 1.18 bits per heavy atom. The van der Waals surface area contributed by atoms with Crippen LogP contribution in [-0.2, 0) is 32.7 Å². The number of halogens is 1. The maximum absolute atomic E-state index is 13.9. The molecule has 0 aliphatic carbocycles. The van der Waals surface area contributed by atoms with Crippen molar-refractivity contribution in [2.24, 2.45) is 0 Å². The fourth-order valence-electron chi connectivity index (χ4n) is 4.69. The number of rotatable bonds is 16. The molecule has 0 radical (unpaired) electrons. The summed E-state index contributed by atoms with van der Waals surface area (Å²) in [4.78, 5) is 9.75. The molecule has 0 atom stereocenters. The van der Waals surface area contributed by atoms with Crippen LogP contribution in [0.3, 0.4) is 0 Å². The molecule has 6 heteroatoms. The predicted molar refractivity (Wildman–Crippen MR) is 155 cm³/mol. The highest BCUT2D eigenvalue weighted by Gasteiger charge is 2.12. The average Bonchev–Trinajstić information content (AvgIpc) is 2.94. The summed E-state index contributed by atoms with van der Waals surface area (Å²) in [5.74, 6) is -0.217. The summed E-state index contributed by atoms with van der Waals surface area (Å²) in [7, 11) is 0. The van der Waals surface area contributed by atoms with Crippen LogP contribution in [0.2, 0.25) is 0 Å². The third-order valence-corrected chi connectivity index (χ3v) is 6.55. The molecule has 0 saturated carbocycles. The first-order valence-corrected chi connectivity index (χ1v) is 13.7. The second kappa shape index (κ2) is 15.9. The molecule has 0 amide bonds. The zero-order valence-corrected chi connectivity index (χ0v) is 22.6. The molecule has 0 bridgehead atoms. The van der Waals surface area contributed by atoms with Gasteiger partial charge in [-0.25, -0.2) is 4.39 Å². The Hall–Kier alpha value is -3.42. The van der Waals surface area contributed by atoms with Crippen LogP contribution in [0.1, 0.15) is 34.5 Å². The molecule has 39 heavy (non-hydrogen) atoms. The summed E-state index contributed by atoms with van der Waals surface area (Å²) >= 11 is 0. The first kappa shape index (κ1) is 28.6. The third kappa shape index (κ3) is 10.3. The maximum atomic E-state index is 13.9. The molecule has 1 heterocycles. The van der Waals surface area contributed by atoms with Gasteiger partial charge in [-0.3, -0.25) is 14.8 Å². The van der Waals surface area contributed by atoms with Gasteiger partial charge in [0, 0.05) is 52.4 Å². The maximum Gasteiger partial charge on any atom is 0.123 e.